The molecule has 0 aliphatic carbocycles. The molecule has 0 bridgehead atoms. The summed E-state index contributed by atoms with van der Waals surface area (Å²) in [6.45, 7) is 10.4. The van der Waals surface area contributed by atoms with Gasteiger partial charge < -0.3 is 14.5 Å². The zero-order chi connectivity index (χ0) is 19.7. The summed E-state index contributed by atoms with van der Waals surface area (Å²) in [5, 5.41) is 10.5. The van der Waals surface area contributed by atoms with E-state index in [1.54, 1.807) is 6.20 Å². The zero-order valence-electron chi connectivity index (χ0n) is 17.0. The second-order valence-electron chi connectivity index (χ2n) is 8.21. The van der Waals surface area contributed by atoms with Crippen molar-refractivity contribution in [2.75, 3.05) is 51.2 Å². The Kier molecular flexibility index (Phi) is 5.49. The Labute approximate surface area is 167 Å². The first-order valence-electron chi connectivity index (χ1n) is 10.2. The first-order valence-corrected chi connectivity index (χ1v) is 10.2. The van der Waals surface area contributed by atoms with Crippen LogP contribution in [0.25, 0.3) is 10.9 Å². The monoisotopic (exact) mass is 379 g/mol. The number of ether oxygens (including phenoxy) is 1. The summed E-state index contributed by atoms with van der Waals surface area (Å²) in [7, 11) is 2.20. The summed E-state index contributed by atoms with van der Waals surface area (Å²) in [5.41, 5.74) is 2.56. The van der Waals surface area contributed by atoms with E-state index in [4.69, 9.17) is 4.74 Å². The lowest BCUT2D eigenvalue weighted by molar-refractivity contribution is -0.0406. The highest BCUT2D eigenvalue weighted by Gasteiger charge is 2.30. The van der Waals surface area contributed by atoms with Crippen molar-refractivity contribution < 1.29 is 4.74 Å². The summed E-state index contributed by atoms with van der Waals surface area (Å²) < 4.78 is 6.29. The number of likely N-dealkylation sites (N-methyl/N-ethyl adjacent to an activating group) is 1. The minimum absolute atomic E-state index is 0.172. The molecular formula is C22H29N5O. The largest absolute Gasteiger partial charge is 0.370 e. The van der Waals surface area contributed by atoms with E-state index in [9.17, 15) is 5.26 Å². The fraction of sp³-hybridized carbons (Fsp3) is 0.545. The van der Waals surface area contributed by atoms with E-state index in [1.807, 2.05) is 12.1 Å². The van der Waals surface area contributed by atoms with Crippen molar-refractivity contribution in [1.29, 1.82) is 5.26 Å². The molecule has 0 spiro atoms. The Hall–Kier alpha value is -2.20. The molecule has 1 aromatic carbocycles. The molecule has 0 N–H and O–H groups in total. The summed E-state index contributed by atoms with van der Waals surface area (Å²) in [6.07, 6.45) is 2.11. The second kappa shape index (κ2) is 8.04. The Balaban J connectivity index is 1.54. The fourth-order valence-electron chi connectivity index (χ4n) is 4.44. The number of nitriles is 1. The highest BCUT2D eigenvalue weighted by atomic mass is 16.5. The third-order valence-electron chi connectivity index (χ3n) is 6.04. The lowest BCUT2D eigenvalue weighted by Gasteiger charge is -2.43. The Morgan fingerprint density at radius 3 is 2.82 bits per heavy atom. The number of morpholine rings is 1. The molecular weight excluding hydrogens is 350 g/mol. The molecule has 2 aliphatic heterocycles. The van der Waals surface area contributed by atoms with Crippen molar-refractivity contribution in [3.05, 3.63) is 36.0 Å². The van der Waals surface area contributed by atoms with E-state index in [2.05, 4.69) is 58.8 Å². The number of benzene rings is 1. The van der Waals surface area contributed by atoms with E-state index in [1.165, 1.54) is 0 Å². The quantitative estimate of drug-likeness (QED) is 0.816. The molecule has 4 rings (SSSR count). The number of piperazine rings is 1. The van der Waals surface area contributed by atoms with Gasteiger partial charge in [0.15, 0.2) is 0 Å². The summed E-state index contributed by atoms with van der Waals surface area (Å²) in [4.78, 5) is 11.8. The first-order chi connectivity index (χ1) is 13.5. The maximum absolute atomic E-state index is 9.41. The number of rotatable bonds is 3. The fourth-order valence-corrected chi connectivity index (χ4v) is 4.44. The molecule has 0 radical (unpaired) electrons. The van der Waals surface area contributed by atoms with Crippen LogP contribution in [0.15, 0.2) is 30.5 Å². The van der Waals surface area contributed by atoms with Gasteiger partial charge in [0.05, 0.1) is 23.3 Å². The predicted octanol–water partition coefficient (Wildman–Crippen LogP) is 2.34. The Morgan fingerprint density at radius 2 is 2.04 bits per heavy atom. The van der Waals surface area contributed by atoms with Gasteiger partial charge in [-0.05, 0) is 45.2 Å². The van der Waals surface area contributed by atoms with Gasteiger partial charge in [0.1, 0.15) is 6.07 Å². The van der Waals surface area contributed by atoms with Gasteiger partial charge >= 0.3 is 0 Å². The topological polar surface area (TPSA) is 55.6 Å². The van der Waals surface area contributed by atoms with Crippen LogP contribution in [0.4, 0.5) is 5.69 Å². The van der Waals surface area contributed by atoms with Gasteiger partial charge in [-0.2, -0.15) is 5.26 Å². The normalized spacial score (nSPS) is 27.1. The molecule has 0 unspecified atom stereocenters. The predicted molar refractivity (Wildman–Crippen MR) is 112 cm³/mol. The molecule has 3 heterocycles. The SMILES string of the molecule is C[C@@H]1CN(c2ccc(C#N)c3ncccc23)C[C@H](CN2CCN(C)[C@@H](C)C2)O1. The van der Waals surface area contributed by atoms with Crippen LogP contribution in [-0.2, 0) is 4.74 Å². The van der Waals surface area contributed by atoms with Crippen molar-refractivity contribution in [2.24, 2.45) is 0 Å². The number of hydrogen-bond acceptors (Lipinski definition) is 6. The molecule has 2 aromatic rings. The van der Waals surface area contributed by atoms with Crippen LogP contribution in [-0.4, -0.2) is 79.3 Å². The average Bonchev–Trinajstić information content (AvgIpc) is 2.69. The maximum Gasteiger partial charge on any atom is 0.101 e. The van der Waals surface area contributed by atoms with E-state index in [-0.39, 0.29) is 12.2 Å². The van der Waals surface area contributed by atoms with Crippen LogP contribution in [0, 0.1) is 11.3 Å². The molecule has 2 fully saturated rings. The van der Waals surface area contributed by atoms with Crippen molar-refractivity contribution in [2.45, 2.75) is 32.1 Å². The van der Waals surface area contributed by atoms with Gasteiger partial charge in [0.2, 0.25) is 0 Å². The number of hydrogen-bond donors (Lipinski definition) is 0. The first kappa shape index (κ1) is 19.1. The maximum atomic E-state index is 9.41. The molecule has 6 nitrogen and oxygen atoms in total. The number of anilines is 1. The van der Waals surface area contributed by atoms with E-state index in [0.29, 0.717) is 11.6 Å². The van der Waals surface area contributed by atoms with Gasteiger partial charge in [-0.25, -0.2) is 0 Å². The van der Waals surface area contributed by atoms with E-state index >= 15 is 0 Å². The van der Waals surface area contributed by atoms with Crippen LogP contribution in [0.3, 0.4) is 0 Å². The van der Waals surface area contributed by atoms with E-state index < -0.39 is 0 Å². The third-order valence-corrected chi connectivity index (χ3v) is 6.04. The van der Waals surface area contributed by atoms with Crippen LogP contribution >= 0.6 is 0 Å². The van der Waals surface area contributed by atoms with Gasteiger partial charge in [0.25, 0.3) is 0 Å². The molecule has 148 valence electrons. The van der Waals surface area contributed by atoms with Crippen LogP contribution in [0.5, 0.6) is 0 Å². The summed E-state index contributed by atoms with van der Waals surface area (Å²) >= 11 is 0. The molecule has 2 saturated heterocycles. The second-order valence-corrected chi connectivity index (χ2v) is 8.21. The van der Waals surface area contributed by atoms with Crippen molar-refractivity contribution in [1.82, 2.24) is 14.8 Å². The zero-order valence-corrected chi connectivity index (χ0v) is 17.0. The molecule has 1 aromatic heterocycles. The third kappa shape index (κ3) is 3.83. The number of nitrogens with zero attached hydrogens (tertiary/aromatic N) is 5. The highest BCUT2D eigenvalue weighted by molar-refractivity contribution is 5.95. The summed E-state index contributed by atoms with van der Waals surface area (Å²) in [5.74, 6) is 0. The van der Waals surface area contributed by atoms with Crippen LogP contribution < -0.4 is 4.90 Å². The standard InChI is InChI=1S/C22H29N5O/c1-16-12-26(10-9-25(16)3)14-19-15-27(13-17(2)28-19)21-7-6-18(11-23)22-20(21)5-4-8-24-22/h4-8,16-17,19H,9-10,12-15H2,1-3H3/t16-,17+,19-/m0/s1. The van der Waals surface area contributed by atoms with E-state index in [0.717, 1.165) is 55.9 Å². The number of aromatic nitrogens is 1. The van der Waals surface area contributed by atoms with Crippen molar-refractivity contribution in [3.63, 3.8) is 0 Å². The lowest BCUT2D eigenvalue weighted by atomic mass is 10.1. The minimum atomic E-state index is 0.172. The minimum Gasteiger partial charge on any atom is -0.370 e. The van der Waals surface area contributed by atoms with Gasteiger partial charge in [-0.1, -0.05) is 0 Å². The van der Waals surface area contributed by atoms with Gasteiger partial charge in [-0.15, -0.1) is 0 Å². The van der Waals surface area contributed by atoms with Crippen molar-refractivity contribution >= 4 is 16.6 Å². The number of pyridine rings is 1. The lowest BCUT2D eigenvalue weighted by Crippen LogP contribution is -2.55. The average molecular weight is 380 g/mol. The molecule has 28 heavy (non-hydrogen) atoms. The van der Waals surface area contributed by atoms with Gasteiger partial charge in [0, 0.05) is 62.6 Å². The van der Waals surface area contributed by atoms with Crippen LogP contribution in [0.2, 0.25) is 0 Å². The summed E-state index contributed by atoms with van der Waals surface area (Å²) in [6, 6.07) is 10.8. The molecule has 6 heteroatoms. The Bertz CT molecular complexity index is 879. The van der Waals surface area contributed by atoms with Crippen LogP contribution in [0.1, 0.15) is 19.4 Å². The smallest absolute Gasteiger partial charge is 0.101 e. The van der Waals surface area contributed by atoms with Gasteiger partial charge in [-0.3, -0.25) is 9.88 Å². The highest BCUT2D eigenvalue weighted by Crippen LogP contribution is 2.30. The molecule has 0 amide bonds. The Morgan fingerprint density at radius 1 is 1.18 bits per heavy atom. The number of fused-ring (bicyclic) bond motifs is 1. The molecule has 2 aliphatic rings. The molecule has 0 saturated carbocycles. The molecule has 3 atom stereocenters. The van der Waals surface area contributed by atoms with Crippen molar-refractivity contribution in [3.8, 4) is 6.07 Å².